The van der Waals surface area contributed by atoms with Crippen LogP contribution < -0.4 is 0 Å². The number of allylic oxidation sites excluding steroid dienone is 2. The molecule has 13 heavy (non-hydrogen) atoms. The minimum Gasteiger partial charge on any atom is -0.0928 e. The van der Waals surface area contributed by atoms with Crippen molar-refractivity contribution in [3.63, 3.8) is 0 Å². The lowest BCUT2D eigenvalue weighted by Crippen LogP contribution is -1.75. The fourth-order valence-corrected chi connectivity index (χ4v) is 1.68. The summed E-state index contributed by atoms with van der Waals surface area (Å²) < 4.78 is 0. The van der Waals surface area contributed by atoms with Gasteiger partial charge in [0, 0.05) is 5.33 Å². The summed E-state index contributed by atoms with van der Waals surface area (Å²) in [5, 5.41) is 1.15. The van der Waals surface area contributed by atoms with Crippen LogP contribution in [0.3, 0.4) is 0 Å². The number of hydrogen-bond donors (Lipinski definition) is 0. The molecule has 0 bridgehead atoms. The normalized spacial score (nSPS) is 11.2. The summed E-state index contributed by atoms with van der Waals surface area (Å²) in [4.78, 5) is 0. The fraction of sp³-hybridized carbons (Fsp3) is 0.833. The Morgan fingerprint density at radius 1 is 1.00 bits per heavy atom. The van der Waals surface area contributed by atoms with Crippen molar-refractivity contribution in [1.82, 2.24) is 0 Å². The van der Waals surface area contributed by atoms with E-state index in [4.69, 9.17) is 0 Å². The molecule has 0 rings (SSSR count). The van der Waals surface area contributed by atoms with Crippen molar-refractivity contribution in [2.24, 2.45) is 0 Å². The topological polar surface area (TPSA) is 0 Å². The monoisotopic (exact) mass is 248 g/mol. The molecular formula is C12H23Br. The molecule has 0 spiro atoms. The van der Waals surface area contributed by atoms with Crippen molar-refractivity contribution < 1.29 is 0 Å². The first-order chi connectivity index (χ1) is 6.41. The second-order valence-corrected chi connectivity index (χ2v) is 4.30. The molecule has 0 aliphatic carbocycles. The highest BCUT2D eigenvalue weighted by Crippen LogP contribution is 2.04. The maximum atomic E-state index is 3.44. The number of hydrogen-bond acceptors (Lipinski definition) is 0. The largest absolute Gasteiger partial charge is 0.0928 e. The number of unbranched alkanes of at least 4 members (excludes halogenated alkanes) is 6. The number of halogens is 1. The maximum Gasteiger partial charge on any atom is 0.00314 e. The molecule has 0 aromatic carbocycles. The quantitative estimate of drug-likeness (QED) is 0.304. The minimum atomic E-state index is 1.15. The molecule has 0 aliphatic heterocycles. The SMILES string of the molecule is CCCCCC/C=C\CCC[14CH2]Br. The van der Waals surface area contributed by atoms with Crippen LogP contribution in [0, 0.1) is 0 Å². The van der Waals surface area contributed by atoms with E-state index in [0.29, 0.717) is 0 Å². The van der Waals surface area contributed by atoms with E-state index in [1.807, 2.05) is 0 Å². The van der Waals surface area contributed by atoms with Gasteiger partial charge in [-0.1, -0.05) is 54.3 Å². The van der Waals surface area contributed by atoms with Crippen LogP contribution in [0.25, 0.3) is 0 Å². The number of rotatable bonds is 9. The molecule has 1 heteroatoms. The molecule has 0 aromatic heterocycles. The fourth-order valence-electron chi connectivity index (χ4n) is 1.28. The van der Waals surface area contributed by atoms with Crippen molar-refractivity contribution in [3.8, 4) is 0 Å². The second kappa shape index (κ2) is 12.2. The van der Waals surface area contributed by atoms with E-state index in [0.717, 1.165) is 5.33 Å². The van der Waals surface area contributed by atoms with E-state index < -0.39 is 0 Å². The van der Waals surface area contributed by atoms with Gasteiger partial charge in [0.2, 0.25) is 0 Å². The molecular weight excluding hydrogens is 226 g/mol. The molecule has 0 aliphatic rings. The van der Waals surface area contributed by atoms with Crippen molar-refractivity contribution >= 4 is 15.9 Å². The van der Waals surface area contributed by atoms with E-state index in [-0.39, 0.29) is 0 Å². The first kappa shape index (κ1) is 13.2. The third-order valence-corrected chi connectivity index (χ3v) is 2.71. The van der Waals surface area contributed by atoms with Crippen LogP contribution in [-0.4, -0.2) is 5.33 Å². The standard InChI is InChI=1S/C12H23Br/c1-2-3-4-5-6-7-8-9-10-11-12-13/h7-8H,2-6,9-12H2,1H3/b8-7-/i12+2. The van der Waals surface area contributed by atoms with E-state index in [9.17, 15) is 0 Å². The predicted molar refractivity (Wildman–Crippen MR) is 65.5 cm³/mol. The first-order valence-electron chi connectivity index (χ1n) is 5.62. The highest BCUT2D eigenvalue weighted by atomic mass is 79.9. The molecule has 78 valence electrons. The Balaban J connectivity index is 2.95. The van der Waals surface area contributed by atoms with Crippen LogP contribution in [0.1, 0.15) is 58.3 Å². The molecule has 0 aromatic rings. The van der Waals surface area contributed by atoms with Crippen molar-refractivity contribution in [1.29, 1.82) is 0 Å². The van der Waals surface area contributed by atoms with Gasteiger partial charge >= 0.3 is 0 Å². The zero-order chi connectivity index (χ0) is 9.78. The van der Waals surface area contributed by atoms with Gasteiger partial charge in [0.25, 0.3) is 0 Å². The Labute approximate surface area is 91.9 Å². The van der Waals surface area contributed by atoms with Gasteiger partial charge in [-0.3, -0.25) is 0 Å². The second-order valence-electron chi connectivity index (χ2n) is 3.51. The lowest BCUT2D eigenvalue weighted by atomic mass is 10.1. The van der Waals surface area contributed by atoms with Crippen molar-refractivity contribution in [2.45, 2.75) is 58.3 Å². The molecule has 0 amide bonds. The summed E-state index contributed by atoms with van der Waals surface area (Å²) in [6, 6.07) is 0. The van der Waals surface area contributed by atoms with Crippen molar-refractivity contribution in [3.05, 3.63) is 12.2 Å². The summed E-state index contributed by atoms with van der Waals surface area (Å²) in [5.74, 6) is 0. The van der Waals surface area contributed by atoms with E-state index in [1.54, 1.807) is 0 Å². The van der Waals surface area contributed by atoms with Gasteiger partial charge in [0.05, 0.1) is 0 Å². The molecule has 0 N–H and O–H groups in total. The minimum absolute atomic E-state index is 1.15. The Kier molecular flexibility index (Phi) is 12.4. The molecule has 0 saturated carbocycles. The third-order valence-electron chi connectivity index (χ3n) is 2.15. The third kappa shape index (κ3) is 12.2. The van der Waals surface area contributed by atoms with Crippen LogP contribution in [0.2, 0.25) is 0 Å². The first-order valence-corrected chi connectivity index (χ1v) is 6.75. The summed E-state index contributed by atoms with van der Waals surface area (Å²) in [7, 11) is 0. The van der Waals surface area contributed by atoms with E-state index >= 15 is 0 Å². The number of alkyl halides is 1. The van der Waals surface area contributed by atoms with Gasteiger partial charge in [0.15, 0.2) is 0 Å². The zero-order valence-electron chi connectivity index (χ0n) is 8.90. The van der Waals surface area contributed by atoms with Gasteiger partial charge in [-0.2, -0.15) is 0 Å². The molecule has 0 radical (unpaired) electrons. The predicted octanol–water partition coefficient (Wildman–Crippen LogP) is 5.08. The van der Waals surface area contributed by atoms with Crippen LogP contribution >= 0.6 is 15.9 Å². The molecule has 0 atom stereocenters. The zero-order valence-corrected chi connectivity index (χ0v) is 10.5. The molecule has 0 fully saturated rings. The average Bonchev–Trinajstić information content (AvgIpc) is 2.16. The molecule has 0 heterocycles. The van der Waals surface area contributed by atoms with E-state index in [1.165, 1.54) is 51.4 Å². The molecule has 0 saturated heterocycles. The Hall–Kier alpha value is 0.220. The lowest BCUT2D eigenvalue weighted by Gasteiger charge is -1.94. The highest BCUT2D eigenvalue weighted by Gasteiger charge is 1.85. The van der Waals surface area contributed by atoms with Crippen LogP contribution in [0.15, 0.2) is 12.2 Å². The van der Waals surface area contributed by atoms with E-state index in [2.05, 4.69) is 35.0 Å². The summed E-state index contributed by atoms with van der Waals surface area (Å²) in [6.07, 6.45) is 15.4. The summed E-state index contributed by atoms with van der Waals surface area (Å²) >= 11 is 3.44. The average molecular weight is 249 g/mol. The van der Waals surface area contributed by atoms with Gasteiger partial charge in [-0.15, -0.1) is 0 Å². The Morgan fingerprint density at radius 2 is 1.69 bits per heavy atom. The maximum absolute atomic E-state index is 3.44. The van der Waals surface area contributed by atoms with Gasteiger partial charge in [-0.25, -0.2) is 0 Å². The van der Waals surface area contributed by atoms with Crippen LogP contribution in [0.5, 0.6) is 0 Å². The van der Waals surface area contributed by atoms with Crippen LogP contribution in [-0.2, 0) is 0 Å². The Morgan fingerprint density at radius 3 is 2.31 bits per heavy atom. The Bertz CT molecular complexity index is 108. The highest BCUT2D eigenvalue weighted by molar-refractivity contribution is 9.09. The summed E-state index contributed by atoms with van der Waals surface area (Å²) in [6.45, 7) is 2.26. The van der Waals surface area contributed by atoms with Crippen LogP contribution in [0.4, 0.5) is 0 Å². The van der Waals surface area contributed by atoms with Gasteiger partial charge in [-0.05, 0) is 32.1 Å². The molecule has 0 unspecified atom stereocenters. The molecule has 0 nitrogen and oxygen atoms in total. The summed E-state index contributed by atoms with van der Waals surface area (Å²) in [5.41, 5.74) is 0. The lowest BCUT2D eigenvalue weighted by molar-refractivity contribution is 0.673. The smallest absolute Gasteiger partial charge is 0.00314 e. The van der Waals surface area contributed by atoms with Gasteiger partial charge in [0.1, 0.15) is 0 Å². The van der Waals surface area contributed by atoms with Gasteiger partial charge < -0.3 is 0 Å². The van der Waals surface area contributed by atoms with Crippen molar-refractivity contribution in [2.75, 3.05) is 5.33 Å².